The first-order valence-electron chi connectivity index (χ1n) is 8.97. The van der Waals surface area contributed by atoms with Crippen molar-refractivity contribution in [3.63, 3.8) is 0 Å². The van der Waals surface area contributed by atoms with Crippen LogP contribution in [-0.4, -0.2) is 45.2 Å². The molecule has 0 unspecified atom stereocenters. The fourth-order valence-electron chi connectivity index (χ4n) is 4.31. The number of hydrogen-bond donors (Lipinski definition) is 1. The second-order valence-electron chi connectivity index (χ2n) is 7.32. The van der Waals surface area contributed by atoms with Crippen LogP contribution in [0, 0.1) is 11.8 Å². The van der Waals surface area contributed by atoms with Crippen LogP contribution in [0.4, 0.5) is 23.8 Å². The lowest BCUT2D eigenvalue weighted by molar-refractivity contribution is -0.141. The first kappa shape index (κ1) is 19.0. The number of fused-ring (bicyclic) bond motifs is 1. The second kappa shape index (κ2) is 7.23. The molecule has 10 heteroatoms. The molecule has 2 aliphatic rings. The zero-order valence-electron chi connectivity index (χ0n) is 14.8. The monoisotopic (exact) mass is 412 g/mol. The number of thiazole rings is 1. The van der Waals surface area contributed by atoms with Crippen LogP contribution in [0.25, 0.3) is 0 Å². The van der Waals surface area contributed by atoms with Crippen LogP contribution < -0.4 is 4.90 Å². The molecule has 6 nitrogen and oxygen atoms in total. The molecule has 1 aliphatic heterocycles. The van der Waals surface area contributed by atoms with E-state index in [0.29, 0.717) is 31.7 Å². The van der Waals surface area contributed by atoms with Gasteiger partial charge in [0.1, 0.15) is 11.5 Å². The van der Waals surface area contributed by atoms with Crippen molar-refractivity contribution in [1.29, 1.82) is 0 Å². The molecule has 0 spiro atoms. The Kier molecular flexibility index (Phi) is 4.90. The first-order valence-corrected chi connectivity index (χ1v) is 9.91. The summed E-state index contributed by atoms with van der Waals surface area (Å²) in [5.74, 6) is 0.829. The zero-order valence-corrected chi connectivity index (χ0v) is 15.7. The summed E-state index contributed by atoms with van der Waals surface area (Å²) in [6.07, 6.45) is -4.02. The van der Waals surface area contributed by atoms with Crippen molar-refractivity contribution in [3.05, 3.63) is 40.5 Å². The predicted octanol–water partition coefficient (Wildman–Crippen LogP) is 3.95. The molecule has 150 valence electrons. The maximum atomic E-state index is 12.9. The quantitative estimate of drug-likeness (QED) is 0.824. The summed E-state index contributed by atoms with van der Waals surface area (Å²) in [7, 11) is 0. The van der Waals surface area contributed by atoms with Gasteiger partial charge in [0.15, 0.2) is 0 Å². The van der Waals surface area contributed by atoms with Gasteiger partial charge in [-0.15, -0.1) is 11.3 Å². The molecule has 1 saturated carbocycles. The van der Waals surface area contributed by atoms with E-state index in [1.54, 1.807) is 11.6 Å². The fraction of sp³-hybridized carbons (Fsp3) is 0.500. The molecule has 0 aromatic carbocycles. The van der Waals surface area contributed by atoms with Gasteiger partial charge in [-0.05, 0) is 36.8 Å². The molecule has 0 bridgehead atoms. The van der Waals surface area contributed by atoms with Gasteiger partial charge in [0.25, 0.3) is 0 Å². The number of carbonyl (C=O) groups is 1. The van der Waals surface area contributed by atoms with Gasteiger partial charge in [-0.1, -0.05) is 6.07 Å². The van der Waals surface area contributed by atoms with Crippen LogP contribution in [0.5, 0.6) is 0 Å². The zero-order chi connectivity index (χ0) is 19.9. The van der Waals surface area contributed by atoms with E-state index in [1.807, 2.05) is 10.3 Å². The van der Waals surface area contributed by atoms with Crippen LogP contribution in [0.1, 0.15) is 24.2 Å². The van der Waals surface area contributed by atoms with Gasteiger partial charge in [0, 0.05) is 24.5 Å². The summed E-state index contributed by atoms with van der Waals surface area (Å²) in [6, 6.07) is 3.85. The number of carboxylic acid groups (broad SMARTS) is 1. The van der Waals surface area contributed by atoms with Crippen molar-refractivity contribution in [2.75, 3.05) is 18.0 Å². The maximum absolute atomic E-state index is 12.9. The number of hydrogen-bond acceptors (Lipinski definition) is 5. The number of anilines is 1. The standard InChI is InChI=1S/C18H19F3N4O2S/c19-18(20,21)15-2-1-3-16(23-15)24-6-11-4-14(5-12(11)7-24)25(17(26)27)8-13-9-28-10-22-13/h1-3,9-12,14H,4-8H2,(H,26,27)/t11-,12+,14-. The lowest BCUT2D eigenvalue weighted by atomic mass is 10.0. The Labute approximate surface area is 163 Å². The molecule has 1 N–H and O–H groups in total. The van der Waals surface area contributed by atoms with E-state index in [1.165, 1.54) is 22.3 Å². The molecular formula is C18H19F3N4O2S. The third kappa shape index (κ3) is 3.78. The van der Waals surface area contributed by atoms with Crippen molar-refractivity contribution in [2.45, 2.75) is 31.6 Å². The highest BCUT2D eigenvalue weighted by Crippen LogP contribution is 2.42. The maximum Gasteiger partial charge on any atom is 0.433 e. The van der Waals surface area contributed by atoms with Crippen LogP contribution in [0.2, 0.25) is 0 Å². The van der Waals surface area contributed by atoms with Gasteiger partial charge < -0.3 is 10.0 Å². The minimum Gasteiger partial charge on any atom is -0.465 e. The second-order valence-corrected chi connectivity index (χ2v) is 8.04. The first-order chi connectivity index (χ1) is 13.3. The molecule has 2 fully saturated rings. The van der Waals surface area contributed by atoms with E-state index >= 15 is 0 Å². The lowest BCUT2D eigenvalue weighted by Crippen LogP contribution is -2.38. The Hall–Kier alpha value is -2.36. The van der Waals surface area contributed by atoms with Gasteiger partial charge in [0.05, 0.1) is 17.7 Å². The average Bonchev–Trinajstić information content (AvgIpc) is 3.35. The number of pyridine rings is 1. The topological polar surface area (TPSA) is 69.6 Å². The molecule has 28 heavy (non-hydrogen) atoms. The number of alkyl halides is 3. The summed E-state index contributed by atoms with van der Waals surface area (Å²) < 4.78 is 38.7. The molecule has 1 amide bonds. The largest absolute Gasteiger partial charge is 0.465 e. The lowest BCUT2D eigenvalue weighted by Gasteiger charge is -2.27. The number of amides is 1. The number of rotatable bonds is 4. The highest BCUT2D eigenvalue weighted by molar-refractivity contribution is 7.07. The number of nitrogens with zero attached hydrogens (tertiary/aromatic N) is 4. The van der Waals surface area contributed by atoms with Crippen LogP contribution in [-0.2, 0) is 12.7 Å². The summed E-state index contributed by atoms with van der Waals surface area (Å²) in [6.45, 7) is 1.46. The van der Waals surface area contributed by atoms with Crippen molar-refractivity contribution in [1.82, 2.24) is 14.9 Å². The Morgan fingerprint density at radius 2 is 2.00 bits per heavy atom. The minimum absolute atomic E-state index is 0.0918. The number of aromatic nitrogens is 2. The van der Waals surface area contributed by atoms with E-state index in [-0.39, 0.29) is 24.4 Å². The van der Waals surface area contributed by atoms with E-state index in [9.17, 15) is 23.1 Å². The van der Waals surface area contributed by atoms with Gasteiger partial charge >= 0.3 is 12.3 Å². The minimum atomic E-state index is -4.46. The Bertz CT molecular complexity index is 832. The fourth-order valence-corrected chi connectivity index (χ4v) is 4.86. The Morgan fingerprint density at radius 1 is 1.29 bits per heavy atom. The molecule has 2 aromatic rings. The molecule has 3 atom stereocenters. The summed E-state index contributed by atoms with van der Waals surface area (Å²) in [4.78, 5) is 23.0. The Balaban J connectivity index is 1.42. The van der Waals surface area contributed by atoms with Crippen molar-refractivity contribution in [3.8, 4) is 0 Å². The van der Waals surface area contributed by atoms with Gasteiger partial charge in [-0.25, -0.2) is 14.8 Å². The SMILES string of the molecule is O=C(O)N(Cc1cscn1)[C@@H]1C[C@@H]2CN(c3cccc(C(F)(F)F)n3)C[C@@H]2C1. The molecule has 1 aliphatic carbocycles. The molecule has 0 radical (unpaired) electrons. The highest BCUT2D eigenvalue weighted by Gasteiger charge is 2.44. The summed E-state index contributed by atoms with van der Waals surface area (Å²) in [5, 5.41) is 11.4. The van der Waals surface area contributed by atoms with E-state index in [0.717, 1.165) is 11.8 Å². The van der Waals surface area contributed by atoms with Gasteiger partial charge in [-0.2, -0.15) is 13.2 Å². The van der Waals surface area contributed by atoms with E-state index < -0.39 is 18.0 Å². The van der Waals surface area contributed by atoms with Gasteiger partial charge in [-0.3, -0.25) is 4.90 Å². The van der Waals surface area contributed by atoms with Crippen LogP contribution >= 0.6 is 11.3 Å². The van der Waals surface area contributed by atoms with E-state index in [4.69, 9.17) is 0 Å². The summed E-state index contributed by atoms with van der Waals surface area (Å²) >= 11 is 1.43. The van der Waals surface area contributed by atoms with Gasteiger partial charge in [0.2, 0.25) is 0 Å². The number of halogens is 3. The average molecular weight is 412 g/mol. The third-order valence-corrected chi connectivity index (χ3v) is 6.21. The molecule has 3 heterocycles. The summed E-state index contributed by atoms with van der Waals surface area (Å²) in [5.41, 5.74) is 1.53. The van der Waals surface area contributed by atoms with Crippen LogP contribution in [0.15, 0.2) is 29.1 Å². The van der Waals surface area contributed by atoms with E-state index in [2.05, 4.69) is 9.97 Å². The third-order valence-electron chi connectivity index (χ3n) is 5.58. The normalized spacial score (nSPS) is 24.4. The smallest absolute Gasteiger partial charge is 0.433 e. The van der Waals surface area contributed by atoms with Crippen molar-refractivity contribution in [2.24, 2.45) is 11.8 Å². The highest BCUT2D eigenvalue weighted by atomic mass is 32.1. The molecular weight excluding hydrogens is 393 g/mol. The molecule has 2 aromatic heterocycles. The van der Waals surface area contributed by atoms with Crippen molar-refractivity contribution >= 4 is 23.2 Å². The Morgan fingerprint density at radius 3 is 2.57 bits per heavy atom. The van der Waals surface area contributed by atoms with Crippen LogP contribution in [0.3, 0.4) is 0 Å². The van der Waals surface area contributed by atoms with Crippen molar-refractivity contribution < 1.29 is 23.1 Å². The predicted molar refractivity (Wildman–Crippen MR) is 97.1 cm³/mol. The molecule has 1 saturated heterocycles. The molecule has 4 rings (SSSR count).